The highest BCUT2D eigenvalue weighted by Gasteiger charge is 2.33. The van der Waals surface area contributed by atoms with Crippen LogP contribution in [0.15, 0.2) is 0 Å². The minimum Gasteiger partial charge on any atom is -0.342 e. The van der Waals surface area contributed by atoms with Crippen LogP contribution < -0.4 is 11.1 Å². The molecule has 0 saturated carbocycles. The molecule has 3 amide bonds. The number of nitrogens with zero attached hydrogens (tertiary/aromatic N) is 2. The summed E-state index contributed by atoms with van der Waals surface area (Å²) in [6.07, 6.45) is 3.78. The molecule has 2 fully saturated rings. The van der Waals surface area contributed by atoms with Crippen LogP contribution in [-0.4, -0.2) is 60.5 Å². The average Bonchev–Trinajstić information content (AvgIpc) is 2.59. The molecule has 2 rings (SSSR count). The van der Waals surface area contributed by atoms with Crippen LogP contribution in [-0.2, 0) is 4.79 Å². The second kappa shape index (κ2) is 8.70. The first-order valence-electron chi connectivity index (χ1n) is 9.45. The van der Waals surface area contributed by atoms with Gasteiger partial charge in [0.05, 0.1) is 5.92 Å². The van der Waals surface area contributed by atoms with E-state index in [9.17, 15) is 9.59 Å². The second-order valence-electron chi connectivity index (χ2n) is 7.89. The Labute approximate surface area is 146 Å². The Bertz CT molecular complexity index is 431. The predicted molar refractivity (Wildman–Crippen MR) is 95.5 cm³/mol. The fraction of sp³-hybridized carbons (Fsp3) is 0.889. The number of nitrogens with one attached hydrogen (secondary N) is 1. The van der Waals surface area contributed by atoms with Crippen molar-refractivity contribution in [2.75, 3.05) is 32.7 Å². The first-order valence-corrected chi connectivity index (χ1v) is 9.45. The van der Waals surface area contributed by atoms with Crippen LogP contribution in [0.2, 0.25) is 0 Å². The van der Waals surface area contributed by atoms with Crippen LogP contribution in [0.25, 0.3) is 0 Å². The molecule has 0 spiro atoms. The number of amides is 3. The molecule has 0 bridgehead atoms. The van der Waals surface area contributed by atoms with Crippen molar-refractivity contribution in [2.45, 2.75) is 52.5 Å². The molecule has 6 nitrogen and oxygen atoms in total. The lowest BCUT2D eigenvalue weighted by molar-refractivity contribution is -0.138. The number of carbonyl (C=O) groups excluding carboxylic acids is 2. The summed E-state index contributed by atoms with van der Waals surface area (Å²) < 4.78 is 0. The number of piperidine rings is 2. The highest BCUT2D eigenvalue weighted by molar-refractivity contribution is 5.81. The van der Waals surface area contributed by atoms with Gasteiger partial charge < -0.3 is 20.9 Å². The van der Waals surface area contributed by atoms with Crippen molar-refractivity contribution in [3.05, 3.63) is 0 Å². The van der Waals surface area contributed by atoms with E-state index in [0.29, 0.717) is 24.9 Å². The molecule has 3 N–H and O–H groups in total. The molecule has 2 aliphatic rings. The summed E-state index contributed by atoms with van der Waals surface area (Å²) in [5, 5.41) is 2.96. The lowest BCUT2D eigenvalue weighted by Gasteiger charge is -2.38. The van der Waals surface area contributed by atoms with Gasteiger partial charge >= 0.3 is 6.03 Å². The molecule has 0 radical (unpaired) electrons. The molecule has 0 aromatic heterocycles. The van der Waals surface area contributed by atoms with Crippen LogP contribution in [0, 0.1) is 17.8 Å². The number of hydrogen-bond acceptors (Lipinski definition) is 3. The van der Waals surface area contributed by atoms with Gasteiger partial charge in [-0.1, -0.05) is 13.8 Å². The quantitative estimate of drug-likeness (QED) is 0.818. The topological polar surface area (TPSA) is 78.7 Å². The van der Waals surface area contributed by atoms with Crippen molar-refractivity contribution in [2.24, 2.45) is 23.5 Å². The molecule has 138 valence electrons. The van der Waals surface area contributed by atoms with Gasteiger partial charge in [0.15, 0.2) is 0 Å². The molecule has 6 heteroatoms. The number of carbonyl (C=O) groups is 2. The lowest BCUT2D eigenvalue weighted by atomic mass is 9.89. The minimum absolute atomic E-state index is 0.0307. The van der Waals surface area contributed by atoms with Gasteiger partial charge in [-0.25, -0.2) is 4.79 Å². The Morgan fingerprint density at radius 1 is 1.08 bits per heavy atom. The standard InChI is InChI=1S/C18H34N4O2/c1-13(2)11-20-18(24)22-8-4-5-16(12-22)17(23)21-9-6-15(7-10-21)14(3)19/h13-16H,4-12,19H2,1-3H3,(H,20,24). The second-order valence-corrected chi connectivity index (χ2v) is 7.89. The Morgan fingerprint density at radius 3 is 2.33 bits per heavy atom. The molecule has 2 atom stereocenters. The first-order chi connectivity index (χ1) is 11.4. The summed E-state index contributed by atoms with van der Waals surface area (Å²) in [6, 6.07) is 0.175. The van der Waals surface area contributed by atoms with Crippen molar-refractivity contribution in [1.29, 1.82) is 0 Å². The Morgan fingerprint density at radius 2 is 1.75 bits per heavy atom. The summed E-state index contributed by atoms with van der Waals surface area (Å²) in [5.41, 5.74) is 5.98. The van der Waals surface area contributed by atoms with E-state index in [1.807, 2.05) is 9.80 Å². The SMILES string of the molecule is CC(C)CNC(=O)N1CCCC(C(=O)N2CCC(C(C)N)CC2)C1. The summed E-state index contributed by atoms with van der Waals surface area (Å²) >= 11 is 0. The Balaban J connectivity index is 1.83. The zero-order chi connectivity index (χ0) is 17.7. The van der Waals surface area contributed by atoms with E-state index in [-0.39, 0.29) is 23.9 Å². The smallest absolute Gasteiger partial charge is 0.317 e. The predicted octanol–water partition coefficient (Wildman–Crippen LogP) is 1.65. The zero-order valence-electron chi connectivity index (χ0n) is 15.5. The molecule has 2 heterocycles. The van der Waals surface area contributed by atoms with E-state index in [1.54, 1.807) is 0 Å². The molecular weight excluding hydrogens is 304 g/mol. The average molecular weight is 338 g/mol. The lowest BCUT2D eigenvalue weighted by Crippen LogP contribution is -2.51. The molecule has 2 saturated heterocycles. The number of likely N-dealkylation sites (tertiary alicyclic amines) is 2. The van der Waals surface area contributed by atoms with Gasteiger partial charge in [-0.05, 0) is 44.4 Å². The summed E-state index contributed by atoms with van der Waals surface area (Å²) in [7, 11) is 0. The fourth-order valence-corrected chi connectivity index (χ4v) is 3.67. The Kier molecular flexibility index (Phi) is 6.90. The molecular formula is C18H34N4O2. The number of nitrogens with two attached hydrogens (primary N) is 1. The van der Waals surface area contributed by atoms with Crippen molar-refractivity contribution >= 4 is 11.9 Å². The molecule has 2 unspecified atom stereocenters. The van der Waals surface area contributed by atoms with Crippen LogP contribution >= 0.6 is 0 Å². The third kappa shape index (κ3) is 5.10. The van der Waals surface area contributed by atoms with Crippen LogP contribution in [0.5, 0.6) is 0 Å². The minimum atomic E-state index is -0.0459. The van der Waals surface area contributed by atoms with Gasteiger partial charge in [0.2, 0.25) is 5.91 Å². The number of hydrogen-bond donors (Lipinski definition) is 2. The third-order valence-corrected chi connectivity index (χ3v) is 5.31. The van der Waals surface area contributed by atoms with Gasteiger partial charge in [0.1, 0.15) is 0 Å². The molecule has 0 aliphatic carbocycles. The normalized spacial score (nSPS) is 24.1. The van der Waals surface area contributed by atoms with Gasteiger partial charge in [-0.3, -0.25) is 4.79 Å². The summed E-state index contributed by atoms with van der Waals surface area (Å²) in [6.45, 7) is 9.80. The van der Waals surface area contributed by atoms with Gasteiger partial charge in [-0.2, -0.15) is 0 Å². The zero-order valence-corrected chi connectivity index (χ0v) is 15.5. The maximum Gasteiger partial charge on any atom is 0.317 e. The van der Waals surface area contributed by atoms with Crippen molar-refractivity contribution in [3.8, 4) is 0 Å². The van der Waals surface area contributed by atoms with E-state index >= 15 is 0 Å². The number of urea groups is 1. The largest absolute Gasteiger partial charge is 0.342 e. The van der Waals surface area contributed by atoms with E-state index in [0.717, 1.165) is 45.3 Å². The van der Waals surface area contributed by atoms with E-state index in [4.69, 9.17) is 5.73 Å². The monoisotopic (exact) mass is 338 g/mol. The molecule has 0 aromatic carbocycles. The van der Waals surface area contributed by atoms with E-state index in [2.05, 4.69) is 26.1 Å². The molecule has 24 heavy (non-hydrogen) atoms. The van der Waals surface area contributed by atoms with Crippen molar-refractivity contribution in [3.63, 3.8) is 0 Å². The maximum atomic E-state index is 12.8. The molecule has 2 aliphatic heterocycles. The highest BCUT2D eigenvalue weighted by atomic mass is 16.2. The first kappa shape index (κ1) is 19.0. The van der Waals surface area contributed by atoms with E-state index < -0.39 is 0 Å². The molecule has 0 aromatic rings. The summed E-state index contributed by atoms with van der Waals surface area (Å²) in [4.78, 5) is 28.8. The van der Waals surface area contributed by atoms with Gasteiger partial charge in [0.25, 0.3) is 0 Å². The van der Waals surface area contributed by atoms with E-state index in [1.165, 1.54) is 0 Å². The fourth-order valence-electron chi connectivity index (χ4n) is 3.67. The van der Waals surface area contributed by atoms with Crippen LogP contribution in [0.3, 0.4) is 0 Å². The van der Waals surface area contributed by atoms with Crippen molar-refractivity contribution < 1.29 is 9.59 Å². The summed E-state index contributed by atoms with van der Waals surface area (Å²) in [5.74, 6) is 1.14. The highest BCUT2D eigenvalue weighted by Crippen LogP contribution is 2.24. The van der Waals surface area contributed by atoms with Crippen molar-refractivity contribution in [1.82, 2.24) is 15.1 Å². The van der Waals surface area contributed by atoms with Gasteiger partial charge in [0, 0.05) is 38.8 Å². The third-order valence-electron chi connectivity index (χ3n) is 5.31. The maximum absolute atomic E-state index is 12.8. The van der Waals surface area contributed by atoms with Crippen LogP contribution in [0.1, 0.15) is 46.5 Å². The Hall–Kier alpha value is -1.30. The number of rotatable bonds is 4. The van der Waals surface area contributed by atoms with Crippen LogP contribution in [0.4, 0.5) is 4.79 Å². The van der Waals surface area contributed by atoms with Gasteiger partial charge in [-0.15, -0.1) is 0 Å².